The van der Waals surface area contributed by atoms with E-state index in [1.54, 1.807) is 7.11 Å². The summed E-state index contributed by atoms with van der Waals surface area (Å²) in [5, 5.41) is 9.25. The van der Waals surface area contributed by atoms with Crippen LogP contribution in [0.5, 0.6) is 5.75 Å². The van der Waals surface area contributed by atoms with Gasteiger partial charge >= 0.3 is 0 Å². The van der Waals surface area contributed by atoms with Gasteiger partial charge in [-0.1, -0.05) is 35.9 Å². The Kier molecular flexibility index (Phi) is 3.46. The second-order valence-corrected chi connectivity index (χ2v) is 5.51. The normalized spacial score (nSPS) is 10.9. The molecule has 0 saturated carbocycles. The van der Waals surface area contributed by atoms with Crippen molar-refractivity contribution in [2.45, 2.75) is 6.92 Å². The van der Waals surface area contributed by atoms with Gasteiger partial charge in [-0.05, 0) is 31.2 Å². The molecule has 0 aliphatic carbocycles. The zero-order chi connectivity index (χ0) is 16.5. The van der Waals surface area contributed by atoms with E-state index >= 15 is 0 Å². The molecule has 4 aromatic rings. The minimum Gasteiger partial charge on any atom is -0.494 e. The van der Waals surface area contributed by atoms with Gasteiger partial charge in [0.15, 0.2) is 0 Å². The third-order valence-corrected chi connectivity index (χ3v) is 3.85. The fraction of sp³-hybridized carbons (Fsp3) is 0.105. The summed E-state index contributed by atoms with van der Waals surface area (Å²) in [7, 11) is 1.63. The van der Waals surface area contributed by atoms with E-state index in [-0.39, 0.29) is 0 Å². The monoisotopic (exact) mass is 317 g/mol. The van der Waals surface area contributed by atoms with E-state index in [4.69, 9.17) is 9.15 Å². The van der Waals surface area contributed by atoms with Gasteiger partial charge in [-0.25, -0.2) is 4.98 Å². The van der Waals surface area contributed by atoms with Crippen LogP contribution in [0.2, 0.25) is 0 Å². The first-order chi connectivity index (χ1) is 11.7. The number of ether oxygens (including phenoxy) is 1. The average Bonchev–Trinajstić information content (AvgIpc) is 3.11. The molecule has 0 unspecified atom stereocenters. The van der Waals surface area contributed by atoms with Crippen LogP contribution >= 0.6 is 0 Å². The third-order valence-electron chi connectivity index (χ3n) is 3.85. The van der Waals surface area contributed by atoms with Crippen molar-refractivity contribution in [2.24, 2.45) is 0 Å². The molecule has 0 saturated heterocycles. The zero-order valence-electron chi connectivity index (χ0n) is 13.4. The van der Waals surface area contributed by atoms with Gasteiger partial charge in [-0.3, -0.25) is 0 Å². The number of para-hydroxylation sites is 1. The minimum atomic E-state index is 0.387. The lowest BCUT2D eigenvalue weighted by molar-refractivity contribution is 0.419. The maximum absolute atomic E-state index is 5.79. The summed E-state index contributed by atoms with van der Waals surface area (Å²) >= 11 is 0. The molecule has 0 bridgehead atoms. The number of fused-ring (bicyclic) bond motifs is 1. The predicted octanol–water partition coefficient (Wildman–Crippen LogP) is 4.27. The van der Waals surface area contributed by atoms with Gasteiger partial charge in [0.25, 0.3) is 5.89 Å². The second kappa shape index (κ2) is 5.77. The minimum absolute atomic E-state index is 0.387. The van der Waals surface area contributed by atoms with Gasteiger partial charge in [-0.15, -0.1) is 10.2 Å². The highest BCUT2D eigenvalue weighted by Gasteiger charge is 2.13. The summed E-state index contributed by atoms with van der Waals surface area (Å²) in [6, 6.07) is 17.6. The van der Waals surface area contributed by atoms with Crippen LogP contribution < -0.4 is 4.74 Å². The van der Waals surface area contributed by atoms with Crippen LogP contribution in [-0.2, 0) is 0 Å². The largest absolute Gasteiger partial charge is 0.494 e. The number of rotatable bonds is 3. The smallest absolute Gasteiger partial charge is 0.266 e. The Hall–Kier alpha value is -3.21. The molecule has 0 amide bonds. The first-order valence-electron chi connectivity index (χ1n) is 7.59. The van der Waals surface area contributed by atoms with Crippen LogP contribution in [0, 0.1) is 6.92 Å². The zero-order valence-corrected chi connectivity index (χ0v) is 13.4. The van der Waals surface area contributed by atoms with Gasteiger partial charge < -0.3 is 9.15 Å². The molecule has 0 atom stereocenters. The van der Waals surface area contributed by atoms with Crippen molar-refractivity contribution in [3.8, 4) is 28.8 Å². The fourth-order valence-corrected chi connectivity index (χ4v) is 2.54. The molecule has 4 rings (SSSR count). The maximum Gasteiger partial charge on any atom is 0.266 e. The molecule has 2 aromatic carbocycles. The SMILES string of the molecule is COc1cccc2ccc(-c3nnc(-c4ccc(C)cc4)o3)nc12. The van der Waals surface area contributed by atoms with E-state index in [0.29, 0.717) is 23.2 Å². The topological polar surface area (TPSA) is 61.0 Å². The highest BCUT2D eigenvalue weighted by Crippen LogP contribution is 2.28. The number of pyridine rings is 1. The first kappa shape index (κ1) is 14.4. The van der Waals surface area contributed by atoms with E-state index in [0.717, 1.165) is 16.5 Å². The third kappa shape index (κ3) is 2.50. The van der Waals surface area contributed by atoms with Gasteiger partial charge in [0.2, 0.25) is 5.89 Å². The maximum atomic E-state index is 5.79. The molecule has 5 heteroatoms. The molecular formula is C19H15N3O2. The molecule has 24 heavy (non-hydrogen) atoms. The lowest BCUT2D eigenvalue weighted by atomic mass is 10.1. The number of aromatic nitrogens is 3. The summed E-state index contributed by atoms with van der Waals surface area (Å²) in [5.74, 6) is 1.58. The van der Waals surface area contributed by atoms with Crippen molar-refractivity contribution in [1.29, 1.82) is 0 Å². The van der Waals surface area contributed by atoms with Crippen LogP contribution in [0.4, 0.5) is 0 Å². The van der Waals surface area contributed by atoms with Crippen LogP contribution in [0.3, 0.4) is 0 Å². The van der Waals surface area contributed by atoms with E-state index in [1.807, 2.05) is 61.5 Å². The first-order valence-corrected chi connectivity index (χ1v) is 7.59. The highest BCUT2D eigenvalue weighted by atomic mass is 16.5. The Balaban J connectivity index is 1.76. The Morgan fingerprint density at radius 2 is 1.67 bits per heavy atom. The number of aryl methyl sites for hydroxylation is 1. The number of hydrogen-bond acceptors (Lipinski definition) is 5. The van der Waals surface area contributed by atoms with E-state index in [2.05, 4.69) is 15.2 Å². The molecule has 0 spiro atoms. The molecule has 2 heterocycles. The number of methoxy groups -OCH3 is 1. The van der Waals surface area contributed by atoms with Crippen LogP contribution in [-0.4, -0.2) is 22.3 Å². The van der Waals surface area contributed by atoms with Gasteiger partial charge in [0, 0.05) is 10.9 Å². The molecule has 2 aromatic heterocycles. The summed E-state index contributed by atoms with van der Waals surface area (Å²) in [4.78, 5) is 4.62. The fourth-order valence-electron chi connectivity index (χ4n) is 2.54. The number of benzene rings is 2. The summed E-state index contributed by atoms with van der Waals surface area (Å²) in [5.41, 5.74) is 3.46. The standard InChI is InChI=1S/C19H15N3O2/c1-12-6-8-14(9-7-12)18-21-22-19(24-18)15-11-10-13-4-3-5-16(23-2)17(13)20-15/h3-11H,1-2H3. The Morgan fingerprint density at radius 3 is 2.46 bits per heavy atom. The molecule has 0 aliphatic rings. The quantitative estimate of drug-likeness (QED) is 0.565. The molecule has 118 valence electrons. The Labute approximate surface area is 138 Å². The van der Waals surface area contributed by atoms with Crippen LogP contribution in [0.1, 0.15) is 5.56 Å². The van der Waals surface area contributed by atoms with Crippen molar-refractivity contribution in [1.82, 2.24) is 15.2 Å². The lowest BCUT2D eigenvalue weighted by Crippen LogP contribution is -1.90. The summed E-state index contributed by atoms with van der Waals surface area (Å²) in [6.07, 6.45) is 0. The van der Waals surface area contributed by atoms with Crippen molar-refractivity contribution < 1.29 is 9.15 Å². The Bertz CT molecular complexity index is 1010. The summed E-state index contributed by atoms with van der Waals surface area (Å²) < 4.78 is 11.2. The van der Waals surface area contributed by atoms with Gasteiger partial charge in [0.05, 0.1) is 7.11 Å². The van der Waals surface area contributed by atoms with Crippen LogP contribution in [0.25, 0.3) is 33.9 Å². The molecule has 0 N–H and O–H groups in total. The van der Waals surface area contributed by atoms with Crippen molar-refractivity contribution in [3.63, 3.8) is 0 Å². The van der Waals surface area contributed by atoms with E-state index in [1.165, 1.54) is 5.56 Å². The van der Waals surface area contributed by atoms with Crippen molar-refractivity contribution in [2.75, 3.05) is 7.11 Å². The van der Waals surface area contributed by atoms with Crippen LogP contribution in [0.15, 0.2) is 59.0 Å². The average molecular weight is 317 g/mol. The predicted molar refractivity (Wildman–Crippen MR) is 91.8 cm³/mol. The lowest BCUT2D eigenvalue weighted by Gasteiger charge is -2.04. The molecule has 0 aliphatic heterocycles. The van der Waals surface area contributed by atoms with E-state index < -0.39 is 0 Å². The molecule has 5 nitrogen and oxygen atoms in total. The Morgan fingerprint density at radius 1 is 0.875 bits per heavy atom. The molecule has 0 fully saturated rings. The van der Waals surface area contributed by atoms with Gasteiger partial charge in [0.1, 0.15) is 17.0 Å². The number of hydrogen-bond donors (Lipinski definition) is 0. The number of nitrogens with zero attached hydrogens (tertiary/aromatic N) is 3. The van der Waals surface area contributed by atoms with Crippen molar-refractivity contribution in [3.05, 3.63) is 60.2 Å². The summed E-state index contributed by atoms with van der Waals surface area (Å²) in [6.45, 7) is 2.04. The second-order valence-electron chi connectivity index (χ2n) is 5.51. The highest BCUT2D eigenvalue weighted by molar-refractivity contribution is 5.86. The van der Waals surface area contributed by atoms with E-state index in [9.17, 15) is 0 Å². The molecular weight excluding hydrogens is 302 g/mol. The molecule has 0 radical (unpaired) electrons. The van der Waals surface area contributed by atoms with Gasteiger partial charge in [-0.2, -0.15) is 0 Å². The van der Waals surface area contributed by atoms with Crippen molar-refractivity contribution >= 4 is 10.9 Å².